The van der Waals surface area contributed by atoms with Gasteiger partial charge in [-0.05, 0) is 12.0 Å². The van der Waals surface area contributed by atoms with Crippen LogP contribution in [0.4, 0.5) is 8.78 Å². The van der Waals surface area contributed by atoms with Crippen LogP contribution in [0.1, 0.15) is 24.2 Å². The first-order chi connectivity index (χ1) is 8.62. The van der Waals surface area contributed by atoms with Gasteiger partial charge < -0.3 is 5.32 Å². The number of hydrogen-bond donors (Lipinski definition) is 1. The van der Waals surface area contributed by atoms with Crippen LogP contribution in [0.3, 0.4) is 0 Å². The van der Waals surface area contributed by atoms with Crippen molar-refractivity contribution < 1.29 is 22.0 Å². The van der Waals surface area contributed by atoms with Crippen LogP contribution in [0.15, 0.2) is 17.0 Å². The molecular weight excluding hydrogens is 300 g/mol. The van der Waals surface area contributed by atoms with Crippen molar-refractivity contribution in [1.29, 1.82) is 0 Å². The third kappa shape index (κ3) is 4.14. The molecule has 1 rings (SSSR count). The third-order valence-corrected chi connectivity index (χ3v) is 3.54. The molecule has 1 aromatic carbocycles. The van der Waals surface area contributed by atoms with Crippen molar-refractivity contribution in [2.24, 2.45) is 5.92 Å². The molecule has 1 N–H and O–H groups in total. The van der Waals surface area contributed by atoms with E-state index < -0.39 is 37.1 Å². The Hall–Kier alpha value is -1.21. The summed E-state index contributed by atoms with van der Waals surface area (Å²) in [6.45, 7) is 3.94. The molecule has 0 aliphatic rings. The highest BCUT2D eigenvalue weighted by Crippen LogP contribution is 2.22. The summed E-state index contributed by atoms with van der Waals surface area (Å²) in [6, 6.07) is 0.905. The smallest absolute Gasteiger partial charge is 0.264 e. The largest absolute Gasteiger partial charge is 0.352 e. The van der Waals surface area contributed by atoms with E-state index in [4.69, 9.17) is 10.7 Å². The van der Waals surface area contributed by atoms with Gasteiger partial charge in [0.05, 0.1) is 5.56 Å². The van der Waals surface area contributed by atoms with Gasteiger partial charge >= 0.3 is 0 Å². The summed E-state index contributed by atoms with van der Waals surface area (Å²) < 4.78 is 48.9. The Morgan fingerprint density at radius 2 is 1.89 bits per heavy atom. The molecule has 0 spiro atoms. The minimum Gasteiger partial charge on any atom is -0.352 e. The topological polar surface area (TPSA) is 63.2 Å². The minimum absolute atomic E-state index is 0.128. The Kier molecular flexibility index (Phi) is 4.86. The summed E-state index contributed by atoms with van der Waals surface area (Å²) in [7, 11) is 0.611. The van der Waals surface area contributed by atoms with Gasteiger partial charge in [0.25, 0.3) is 15.0 Å². The summed E-state index contributed by atoms with van der Waals surface area (Å²) in [6.07, 6.45) is 0. The maximum atomic E-state index is 13.5. The van der Waals surface area contributed by atoms with Crippen molar-refractivity contribution in [2.45, 2.75) is 18.7 Å². The van der Waals surface area contributed by atoms with Crippen LogP contribution in [0.2, 0.25) is 0 Å². The Balaban J connectivity index is 3.19. The maximum absolute atomic E-state index is 13.5. The molecule has 0 saturated carbocycles. The first-order valence-corrected chi connectivity index (χ1v) is 7.65. The van der Waals surface area contributed by atoms with Crippen molar-refractivity contribution >= 4 is 25.6 Å². The molecule has 0 aromatic heterocycles. The Labute approximate surface area is 114 Å². The fourth-order valence-corrected chi connectivity index (χ4v) is 2.19. The van der Waals surface area contributed by atoms with Crippen LogP contribution in [0.25, 0.3) is 0 Å². The lowest BCUT2D eigenvalue weighted by molar-refractivity contribution is 0.0944. The maximum Gasteiger partial charge on any atom is 0.264 e. The second-order valence-corrected chi connectivity index (χ2v) is 6.84. The molecule has 1 amide bonds. The zero-order valence-corrected chi connectivity index (χ0v) is 11.8. The molecule has 8 heteroatoms. The molecule has 19 heavy (non-hydrogen) atoms. The molecule has 0 atom stereocenters. The summed E-state index contributed by atoms with van der Waals surface area (Å²) in [5, 5.41) is 2.40. The molecule has 4 nitrogen and oxygen atoms in total. The molecule has 0 saturated heterocycles. The van der Waals surface area contributed by atoms with E-state index in [2.05, 4.69) is 5.32 Å². The Bertz CT molecular complexity index is 602. The van der Waals surface area contributed by atoms with Gasteiger partial charge in [0, 0.05) is 23.3 Å². The highest BCUT2D eigenvalue weighted by atomic mass is 35.7. The number of hydrogen-bond acceptors (Lipinski definition) is 3. The number of amides is 1. The minimum atomic E-state index is -4.39. The number of carbonyl (C=O) groups excluding carboxylic acids is 1. The lowest BCUT2D eigenvalue weighted by Gasteiger charge is -2.09. The molecule has 0 aliphatic heterocycles. The Morgan fingerprint density at radius 3 is 2.37 bits per heavy atom. The average Bonchev–Trinajstić information content (AvgIpc) is 2.24. The van der Waals surface area contributed by atoms with Gasteiger partial charge in [-0.3, -0.25) is 4.79 Å². The van der Waals surface area contributed by atoms with E-state index in [-0.39, 0.29) is 12.5 Å². The monoisotopic (exact) mass is 311 g/mol. The van der Waals surface area contributed by atoms with Gasteiger partial charge in [-0.25, -0.2) is 17.2 Å². The van der Waals surface area contributed by atoms with Gasteiger partial charge in [-0.15, -0.1) is 0 Å². The quantitative estimate of drug-likeness (QED) is 0.868. The van der Waals surface area contributed by atoms with E-state index in [9.17, 15) is 22.0 Å². The van der Waals surface area contributed by atoms with Gasteiger partial charge in [0.1, 0.15) is 16.5 Å². The van der Waals surface area contributed by atoms with Crippen molar-refractivity contribution in [3.8, 4) is 0 Å². The summed E-state index contributed by atoms with van der Waals surface area (Å²) in [5.74, 6) is -3.19. The third-order valence-electron chi connectivity index (χ3n) is 2.20. The number of benzene rings is 1. The van der Waals surface area contributed by atoms with E-state index in [1.807, 2.05) is 13.8 Å². The van der Waals surface area contributed by atoms with Gasteiger partial charge in [0.15, 0.2) is 0 Å². The van der Waals surface area contributed by atoms with Gasteiger partial charge in [-0.1, -0.05) is 13.8 Å². The molecule has 0 bridgehead atoms. The fourth-order valence-electron chi connectivity index (χ4n) is 1.28. The normalized spacial score (nSPS) is 11.7. The van der Waals surface area contributed by atoms with Crippen LogP contribution in [-0.2, 0) is 9.05 Å². The van der Waals surface area contributed by atoms with E-state index in [1.54, 1.807) is 0 Å². The number of halogens is 3. The lowest BCUT2D eigenvalue weighted by atomic mass is 10.1. The standard InChI is InChI=1S/C11H12ClF2NO3S/c1-6(2)5-15-11(16)7-3-10(19(12,17)18)9(14)4-8(7)13/h3-4,6H,5H2,1-2H3,(H,15,16). The van der Waals surface area contributed by atoms with Gasteiger partial charge in [-0.2, -0.15) is 0 Å². The van der Waals surface area contributed by atoms with Crippen LogP contribution in [0.5, 0.6) is 0 Å². The van der Waals surface area contributed by atoms with Crippen molar-refractivity contribution in [2.75, 3.05) is 6.54 Å². The second-order valence-electron chi connectivity index (χ2n) is 4.30. The molecule has 0 radical (unpaired) electrons. The van der Waals surface area contributed by atoms with Crippen LogP contribution < -0.4 is 5.32 Å². The van der Waals surface area contributed by atoms with Crippen molar-refractivity contribution in [3.63, 3.8) is 0 Å². The van der Waals surface area contributed by atoms with Crippen LogP contribution in [0, 0.1) is 17.6 Å². The van der Waals surface area contributed by atoms with Crippen molar-refractivity contribution in [3.05, 3.63) is 29.3 Å². The molecular formula is C11H12ClF2NO3S. The van der Waals surface area contributed by atoms with Gasteiger partial charge in [0.2, 0.25) is 0 Å². The second kappa shape index (κ2) is 5.83. The molecule has 0 unspecified atom stereocenters. The van der Waals surface area contributed by atoms with Crippen LogP contribution in [-0.4, -0.2) is 20.9 Å². The molecule has 0 aliphatic carbocycles. The predicted octanol–water partition coefficient (Wildman–Crippen LogP) is 2.28. The molecule has 0 fully saturated rings. The highest BCUT2D eigenvalue weighted by Gasteiger charge is 2.22. The van der Waals surface area contributed by atoms with E-state index in [0.29, 0.717) is 12.1 Å². The first-order valence-electron chi connectivity index (χ1n) is 5.35. The molecule has 1 aromatic rings. The highest BCUT2D eigenvalue weighted by molar-refractivity contribution is 8.13. The summed E-state index contributed by atoms with van der Waals surface area (Å²) >= 11 is 0. The van der Waals surface area contributed by atoms with Crippen LogP contribution >= 0.6 is 10.7 Å². The number of rotatable bonds is 4. The first kappa shape index (κ1) is 15.8. The zero-order chi connectivity index (χ0) is 14.8. The Morgan fingerprint density at radius 1 is 1.32 bits per heavy atom. The van der Waals surface area contributed by atoms with E-state index in [0.717, 1.165) is 0 Å². The zero-order valence-electron chi connectivity index (χ0n) is 10.2. The lowest BCUT2D eigenvalue weighted by Crippen LogP contribution is -2.28. The van der Waals surface area contributed by atoms with E-state index in [1.165, 1.54) is 0 Å². The SMILES string of the molecule is CC(C)CNC(=O)c1cc(S(=O)(=O)Cl)c(F)cc1F. The average molecular weight is 312 g/mol. The predicted molar refractivity (Wildman–Crippen MR) is 66.6 cm³/mol. The summed E-state index contributed by atoms with van der Waals surface area (Å²) in [4.78, 5) is 10.7. The summed E-state index contributed by atoms with van der Waals surface area (Å²) in [5.41, 5.74) is -0.568. The number of nitrogens with one attached hydrogen (secondary N) is 1. The molecule has 0 heterocycles. The number of carbonyl (C=O) groups is 1. The molecule has 106 valence electrons. The van der Waals surface area contributed by atoms with E-state index >= 15 is 0 Å². The fraction of sp³-hybridized carbons (Fsp3) is 0.364. The van der Waals surface area contributed by atoms with Crippen molar-refractivity contribution in [1.82, 2.24) is 5.32 Å².